The monoisotopic (exact) mass is 630 g/mol. The Morgan fingerprint density at radius 3 is 1.76 bits per heavy atom. The third kappa shape index (κ3) is 9.02. The van der Waals surface area contributed by atoms with E-state index < -0.39 is 38.1 Å². The first-order chi connectivity index (χ1) is 21.3. The van der Waals surface area contributed by atoms with Crippen molar-refractivity contribution in [2.45, 2.75) is 97.0 Å². The molecule has 1 aliphatic carbocycles. The van der Waals surface area contributed by atoms with Gasteiger partial charge in [0.1, 0.15) is 18.0 Å². The fourth-order valence-electron chi connectivity index (χ4n) is 5.27. The van der Waals surface area contributed by atoms with E-state index in [0.717, 1.165) is 22.4 Å². The van der Waals surface area contributed by atoms with Gasteiger partial charge in [0, 0.05) is 5.41 Å². The van der Waals surface area contributed by atoms with Crippen molar-refractivity contribution < 1.29 is 28.2 Å². The number of hydrogen-bond acceptors (Lipinski definition) is 6. The number of ketones is 1. The topological polar surface area (TPSA) is 63.2 Å². The van der Waals surface area contributed by atoms with Crippen LogP contribution in [0.4, 0.5) is 0 Å². The number of carbonyl (C=O) groups is 1. The molecular formula is C38H50O6Si. The van der Waals surface area contributed by atoms with Crippen molar-refractivity contribution in [3.63, 3.8) is 0 Å². The molecule has 0 heterocycles. The van der Waals surface area contributed by atoms with Crippen molar-refractivity contribution in [3.05, 3.63) is 114 Å². The minimum Gasteiger partial charge on any atom is -0.497 e. The maximum absolute atomic E-state index is 14.0. The van der Waals surface area contributed by atoms with E-state index in [4.69, 9.17) is 23.4 Å². The lowest BCUT2D eigenvalue weighted by atomic mass is 9.73. The van der Waals surface area contributed by atoms with E-state index in [1.165, 1.54) is 0 Å². The van der Waals surface area contributed by atoms with Gasteiger partial charge in [-0.1, -0.05) is 107 Å². The molecule has 7 heteroatoms. The summed E-state index contributed by atoms with van der Waals surface area (Å²) in [6.07, 6.45) is 1.05. The Labute approximate surface area is 270 Å². The Hall–Kier alpha value is -3.07. The van der Waals surface area contributed by atoms with Gasteiger partial charge < -0.3 is 23.4 Å². The summed E-state index contributed by atoms with van der Waals surface area (Å²) >= 11 is 0. The van der Waals surface area contributed by atoms with Crippen molar-refractivity contribution in [1.29, 1.82) is 0 Å². The number of benzene rings is 3. The molecule has 3 aromatic rings. The molecule has 0 aromatic heterocycles. The Morgan fingerprint density at radius 2 is 1.22 bits per heavy atom. The van der Waals surface area contributed by atoms with Crippen molar-refractivity contribution >= 4 is 14.1 Å². The van der Waals surface area contributed by atoms with Crippen LogP contribution in [-0.2, 0) is 43.3 Å². The summed E-state index contributed by atoms with van der Waals surface area (Å²) in [5.41, 5.74) is 2.35. The fraction of sp³-hybridized carbons (Fsp3) is 0.447. The second kappa shape index (κ2) is 15.0. The molecule has 4 unspecified atom stereocenters. The molecule has 0 saturated carbocycles. The van der Waals surface area contributed by atoms with Gasteiger partial charge in [0.05, 0.1) is 39.1 Å². The number of ether oxygens (including phenoxy) is 4. The molecule has 0 radical (unpaired) electrons. The summed E-state index contributed by atoms with van der Waals surface area (Å²) in [4.78, 5) is 14.0. The molecule has 0 N–H and O–H groups in total. The minimum atomic E-state index is -2.39. The van der Waals surface area contributed by atoms with Crippen LogP contribution in [0.3, 0.4) is 0 Å². The summed E-state index contributed by atoms with van der Waals surface area (Å²) < 4.78 is 32.5. The third-order valence-electron chi connectivity index (χ3n) is 9.14. The van der Waals surface area contributed by atoms with Crippen LogP contribution in [0.2, 0.25) is 18.1 Å². The Balaban J connectivity index is 1.74. The summed E-state index contributed by atoms with van der Waals surface area (Å²) in [6.45, 7) is 16.3. The molecule has 4 atom stereocenters. The molecule has 242 valence electrons. The van der Waals surface area contributed by atoms with Gasteiger partial charge in [0.2, 0.25) is 0 Å². The van der Waals surface area contributed by atoms with E-state index in [1.807, 2.05) is 91.0 Å². The highest BCUT2D eigenvalue weighted by Gasteiger charge is 2.53. The predicted molar refractivity (Wildman–Crippen MR) is 182 cm³/mol. The molecule has 0 bridgehead atoms. The number of rotatable bonds is 12. The molecule has 4 rings (SSSR count). The van der Waals surface area contributed by atoms with Gasteiger partial charge >= 0.3 is 0 Å². The lowest BCUT2D eigenvalue weighted by Crippen LogP contribution is -2.60. The zero-order valence-electron chi connectivity index (χ0n) is 28.1. The van der Waals surface area contributed by atoms with E-state index >= 15 is 0 Å². The number of methoxy groups -OCH3 is 1. The van der Waals surface area contributed by atoms with Crippen molar-refractivity contribution in [3.8, 4) is 5.75 Å². The average molecular weight is 631 g/mol. The van der Waals surface area contributed by atoms with E-state index in [9.17, 15) is 4.79 Å². The molecule has 45 heavy (non-hydrogen) atoms. The van der Waals surface area contributed by atoms with E-state index in [-0.39, 0.29) is 10.8 Å². The second-order valence-corrected chi connectivity index (χ2v) is 18.7. The fourth-order valence-corrected chi connectivity index (χ4v) is 6.69. The lowest BCUT2D eigenvalue weighted by molar-refractivity contribution is -0.178. The first kappa shape index (κ1) is 34.8. The zero-order chi connectivity index (χ0) is 32.7. The predicted octanol–water partition coefficient (Wildman–Crippen LogP) is 8.31. The molecule has 0 saturated heterocycles. The van der Waals surface area contributed by atoms with Gasteiger partial charge in [-0.2, -0.15) is 0 Å². The molecule has 1 aliphatic rings. The van der Waals surface area contributed by atoms with Crippen LogP contribution in [0.25, 0.3) is 0 Å². The van der Waals surface area contributed by atoms with Gasteiger partial charge in [0.15, 0.2) is 14.1 Å². The molecule has 6 nitrogen and oxygen atoms in total. The molecule has 0 fully saturated rings. The van der Waals surface area contributed by atoms with Gasteiger partial charge in [-0.25, -0.2) is 0 Å². The maximum Gasteiger partial charge on any atom is 0.192 e. The average Bonchev–Trinajstić information content (AvgIpc) is 3.01. The van der Waals surface area contributed by atoms with Crippen molar-refractivity contribution in [1.82, 2.24) is 0 Å². The van der Waals surface area contributed by atoms with Gasteiger partial charge in [-0.15, -0.1) is 0 Å². The number of carbonyl (C=O) groups excluding carboxylic acids is 1. The van der Waals surface area contributed by atoms with E-state index in [0.29, 0.717) is 19.8 Å². The standard InChI is InChI=1S/C38H50O6Si/c1-37(2,3)45(7,8)44-36-34(42-26-29-17-13-10-14-18-29)32(39)23-24-33(41-25-28-15-11-9-12-16-28)35(38(36,4)5)43-27-30-19-21-31(40-6)22-20-30/h9-24,33-36H,25-27H2,1-8H3. The van der Waals surface area contributed by atoms with Crippen molar-refractivity contribution in [2.24, 2.45) is 5.41 Å². The SMILES string of the molecule is COc1ccc(COC2C(OCc3ccccc3)C=CC(=O)C(OCc3ccccc3)C(O[Si](C)(C)C(C)(C)C)C2(C)C)cc1. The summed E-state index contributed by atoms with van der Waals surface area (Å²) in [7, 11) is -0.730. The Kier molecular flexibility index (Phi) is 11.6. The van der Waals surface area contributed by atoms with Crippen LogP contribution in [0.15, 0.2) is 97.1 Å². The smallest absolute Gasteiger partial charge is 0.192 e. The van der Waals surface area contributed by atoms with Gasteiger partial charge in [-0.3, -0.25) is 4.79 Å². The van der Waals surface area contributed by atoms with Gasteiger partial charge in [0.25, 0.3) is 0 Å². The quantitative estimate of drug-likeness (QED) is 0.188. The molecule has 0 amide bonds. The molecular weight excluding hydrogens is 580 g/mol. The molecule has 3 aromatic carbocycles. The van der Waals surface area contributed by atoms with Gasteiger partial charge in [-0.05, 0) is 59.1 Å². The van der Waals surface area contributed by atoms with Crippen molar-refractivity contribution in [2.75, 3.05) is 7.11 Å². The van der Waals surface area contributed by atoms with E-state index in [2.05, 4.69) is 47.7 Å². The minimum absolute atomic E-state index is 0.0863. The molecule has 0 spiro atoms. The lowest BCUT2D eigenvalue weighted by Gasteiger charge is -2.50. The summed E-state index contributed by atoms with van der Waals surface area (Å²) in [5, 5.41) is -0.0863. The zero-order valence-corrected chi connectivity index (χ0v) is 29.1. The molecule has 0 aliphatic heterocycles. The normalized spacial score (nSPS) is 22.1. The van der Waals surface area contributed by atoms with Crippen LogP contribution in [0.1, 0.15) is 51.3 Å². The Morgan fingerprint density at radius 1 is 0.711 bits per heavy atom. The second-order valence-electron chi connectivity index (χ2n) is 13.9. The van der Waals surface area contributed by atoms with Crippen LogP contribution in [0, 0.1) is 5.41 Å². The third-order valence-corrected chi connectivity index (χ3v) is 13.6. The van der Waals surface area contributed by atoms with Crippen LogP contribution >= 0.6 is 0 Å². The largest absolute Gasteiger partial charge is 0.497 e. The first-order valence-corrected chi connectivity index (χ1v) is 18.7. The highest BCUT2D eigenvalue weighted by atomic mass is 28.4. The Bertz CT molecular complexity index is 1380. The number of hydrogen-bond donors (Lipinski definition) is 0. The highest BCUT2D eigenvalue weighted by Crippen LogP contribution is 2.44. The first-order valence-electron chi connectivity index (χ1n) is 15.8. The maximum atomic E-state index is 14.0. The van der Waals surface area contributed by atoms with E-state index in [1.54, 1.807) is 13.2 Å². The highest BCUT2D eigenvalue weighted by molar-refractivity contribution is 6.74. The summed E-state index contributed by atoms with van der Waals surface area (Å²) in [5.74, 6) is 0.654. The van der Waals surface area contributed by atoms with Crippen LogP contribution in [-0.4, -0.2) is 45.6 Å². The summed E-state index contributed by atoms with van der Waals surface area (Å²) in [6, 6.07) is 27.9. The van der Waals surface area contributed by atoms with Crippen LogP contribution < -0.4 is 4.74 Å². The van der Waals surface area contributed by atoms with Crippen LogP contribution in [0.5, 0.6) is 5.75 Å².